The number of nitrogens with one attached hydrogen (secondary N) is 1. The van der Waals surface area contributed by atoms with Crippen LogP contribution in [0.25, 0.3) is 0 Å². The van der Waals surface area contributed by atoms with E-state index in [0.717, 1.165) is 16.7 Å². The summed E-state index contributed by atoms with van der Waals surface area (Å²) in [5.74, 6) is -0.525. The molecule has 0 aliphatic carbocycles. The Kier molecular flexibility index (Phi) is 5.16. The van der Waals surface area contributed by atoms with E-state index in [4.69, 9.17) is 4.74 Å². The molecule has 1 N–H and O–H groups in total. The molecule has 4 nitrogen and oxygen atoms in total. The zero-order valence-corrected chi connectivity index (χ0v) is 13.9. The van der Waals surface area contributed by atoms with Gasteiger partial charge >= 0.3 is 5.97 Å². The van der Waals surface area contributed by atoms with Crippen molar-refractivity contribution in [3.8, 4) is 0 Å². The Balaban J connectivity index is 2.18. The van der Waals surface area contributed by atoms with E-state index >= 15 is 0 Å². The van der Waals surface area contributed by atoms with E-state index in [0.29, 0.717) is 23.4 Å². The van der Waals surface area contributed by atoms with Crippen LogP contribution in [-0.2, 0) is 4.74 Å². The number of amides is 1. The number of esters is 1. The number of rotatable bonds is 4. The van der Waals surface area contributed by atoms with Gasteiger partial charge < -0.3 is 10.1 Å². The third-order valence-electron chi connectivity index (χ3n) is 3.75. The number of carbonyl (C=O) groups is 2. The van der Waals surface area contributed by atoms with Crippen LogP contribution in [0.5, 0.6) is 0 Å². The Hall–Kier alpha value is -2.62. The zero-order valence-electron chi connectivity index (χ0n) is 13.9. The minimum Gasteiger partial charge on any atom is -0.462 e. The van der Waals surface area contributed by atoms with Gasteiger partial charge in [-0.2, -0.15) is 0 Å². The molecule has 0 fully saturated rings. The summed E-state index contributed by atoms with van der Waals surface area (Å²) in [6, 6.07) is 10.7. The number of carbonyl (C=O) groups excluding carboxylic acids is 2. The van der Waals surface area contributed by atoms with E-state index in [2.05, 4.69) is 5.32 Å². The largest absolute Gasteiger partial charge is 0.462 e. The molecule has 0 spiro atoms. The molecule has 2 aromatic rings. The second-order valence-electron chi connectivity index (χ2n) is 5.50. The maximum absolute atomic E-state index is 12.3. The van der Waals surface area contributed by atoms with Crippen LogP contribution in [0.1, 0.15) is 44.3 Å². The summed E-state index contributed by atoms with van der Waals surface area (Å²) >= 11 is 0. The van der Waals surface area contributed by atoms with E-state index in [-0.39, 0.29) is 11.9 Å². The fraction of sp³-hybridized carbons (Fsp3) is 0.263. The van der Waals surface area contributed by atoms with Gasteiger partial charge in [0, 0.05) is 11.3 Å². The topological polar surface area (TPSA) is 55.4 Å². The molecule has 0 unspecified atom stereocenters. The second kappa shape index (κ2) is 7.09. The Bertz CT molecular complexity index is 750. The molecule has 120 valence electrons. The standard InChI is InChI=1S/C19H21NO3/c1-5-23-19(22)16-8-9-17(14(4)11-16)20-18(21)15-7-6-12(2)13(3)10-15/h6-11H,5H2,1-4H3,(H,20,21). The first-order valence-electron chi connectivity index (χ1n) is 7.58. The number of ether oxygens (including phenoxy) is 1. The normalized spacial score (nSPS) is 10.3. The molecule has 0 aromatic heterocycles. The number of anilines is 1. The van der Waals surface area contributed by atoms with Crippen molar-refractivity contribution in [2.24, 2.45) is 0 Å². The molecule has 23 heavy (non-hydrogen) atoms. The third-order valence-corrected chi connectivity index (χ3v) is 3.75. The van der Waals surface area contributed by atoms with Gasteiger partial charge in [-0.1, -0.05) is 6.07 Å². The van der Waals surface area contributed by atoms with Gasteiger partial charge in [0.25, 0.3) is 5.91 Å². The molecule has 2 aromatic carbocycles. The summed E-state index contributed by atoms with van der Waals surface area (Å²) in [6.07, 6.45) is 0. The molecule has 0 saturated carbocycles. The van der Waals surface area contributed by atoms with Crippen molar-refractivity contribution in [1.29, 1.82) is 0 Å². The average molecular weight is 311 g/mol. The first kappa shape index (κ1) is 16.7. The molecule has 1 amide bonds. The van der Waals surface area contributed by atoms with E-state index in [1.807, 2.05) is 32.9 Å². The SMILES string of the molecule is CCOC(=O)c1ccc(NC(=O)c2ccc(C)c(C)c2)c(C)c1. The second-order valence-corrected chi connectivity index (χ2v) is 5.50. The minimum atomic E-state index is -0.359. The molecule has 0 atom stereocenters. The van der Waals surface area contributed by atoms with Gasteiger partial charge in [-0.25, -0.2) is 4.79 Å². The summed E-state index contributed by atoms with van der Waals surface area (Å²) in [7, 11) is 0. The fourth-order valence-electron chi connectivity index (χ4n) is 2.22. The van der Waals surface area contributed by atoms with Gasteiger partial charge in [-0.15, -0.1) is 0 Å². The van der Waals surface area contributed by atoms with E-state index < -0.39 is 0 Å². The predicted octanol–water partition coefficient (Wildman–Crippen LogP) is 4.04. The molecule has 0 saturated heterocycles. The van der Waals surface area contributed by atoms with Crippen LogP contribution >= 0.6 is 0 Å². The van der Waals surface area contributed by atoms with Crippen LogP contribution in [-0.4, -0.2) is 18.5 Å². The Morgan fingerprint density at radius 3 is 2.17 bits per heavy atom. The molecule has 2 rings (SSSR count). The summed E-state index contributed by atoms with van der Waals surface area (Å²) < 4.78 is 4.97. The molecular weight excluding hydrogens is 290 g/mol. The zero-order chi connectivity index (χ0) is 17.0. The van der Waals surface area contributed by atoms with Crippen molar-refractivity contribution >= 4 is 17.6 Å². The maximum atomic E-state index is 12.3. The minimum absolute atomic E-state index is 0.167. The lowest BCUT2D eigenvalue weighted by Gasteiger charge is -2.11. The average Bonchev–Trinajstić information content (AvgIpc) is 2.52. The van der Waals surface area contributed by atoms with Gasteiger partial charge in [-0.3, -0.25) is 4.79 Å². The summed E-state index contributed by atoms with van der Waals surface area (Å²) in [5.41, 5.74) is 4.81. The highest BCUT2D eigenvalue weighted by Crippen LogP contribution is 2.19. The molecule has 4 heteroatoms. The molecule has 0 radical (unpaired) electrons. The van der Waals surface area contributed by atoms with Crippen molar-refractivity contribution in [1.82, 2.24) is 0 Å². The van der Waals surface area contributed by atoms with E-state index in [1.54, 1.807) is 31.2 Å². The van der Waals surface area contributed by atoms with Gasteiger partial charge in [0.05, 0.1) is 12.2 Å². The Morgan fingerprint density at radius 1 is 0.913 bits per heavy atom. The predicted molar refractivity (Wildman–Crippen MR) is 91.0 cm³/mol. The van der Waals surface area contributed by atoms with Crippen molar-refractivity contribution in [2.45, 2.75) is 27.7 Å². The monoisotopic (exact) mass is 311 g/mol. The fourth-order valence-corrected chi connectivity index (χ4v) is 2.22. The van der Waals surface area contributed by atoms with Gasteiger partial charge in [0.15, 0.2) is 0 Å². The summed E-state index contributed by atoms with van der Waals surface area (Å²) in [6.45, 7) is 7.94. The van der Waals surface area contributed by atoms with Crippen molar-refractivity contribution < 1.29 is 14.3 Å². The number of hydrogen-bond acceptors (Lipinski definition) is 3. The van der Waals surface area contributed by atoms with Gasteiger partial charge in [0.2, 0.25) is 0 Å². The lowest BCUT2D eigenvalue weighted by atomic mass is 10.1. The van der Waals surface area contributed by atoms with Crippen LogP contribution in [0.15, 0.2) is 36.4 Å². The highest BCUT2D eigenvalue weighted by Gasteiger charge is 2.11. The highest BCUT2D eigenvalue weighted by molar-refractivity contribution is 6.05. The van der Waals surface area contributed by atoms with Crippen LogP contribution in [0.2, 0.25) is 0 Å². The van der Waals surface area contributed by atoms with Gasteiger partial charge in [0.1, 0.15) is 0 Å². The van der Waals surface area contributed by atoms with Crippen molar-refractivity contribution in [3.05, 3.63) is 64.2 Å². The summed E-state index contributed by atoms with van der Waals surface area (Å²) in [5, 5.41) is 2.88. The first-order chi connectivity index (χ1) is 10.9. The van der Waals surface area contributed by atoms with Crippen molar-refractivity contribution in [3.63, 3.8) is 0 Å². The highest BCUT2D eigenvalue weighted by atomic mass is 16.5. The molecular formula is C19H21NO3. The van der Waals surface area contributed by atoms with Gasteiger partial charge in [-0.05, 0) is 74.7 Å². The quantitative estimate of drug-likeness (QED) is 0.867. The molecule has 0 bridgehead atoms. The molecule has 0 heterocycles. The van der Waals surface area contributed by atoms with Crippen LogP contribution in [0.3, 0.4) is 0 Å². The van der Waals surface area contributed by atoms with Crippen LogP contribution in [0.4, 0.5) is 5.69 Å². The number of aryl methyl sites for hydroxylation is 3. The van der Waals surface area contributed by atoms with Crippen LogP contribution < -0.4 is 5.32 Å². The lowest BCUT2D eigenvalue weighted by Crippen LogP contribution is -2.13. The smallest absolute Gasteiger partial charge is 0.338 e. The Labute approximate surface area is 136 Å². The van der Waals surface area contributed by atoms with Crippen molar-refractivity contribution in [2.75, 3.05) is 11.9 Å². The van der Waals surface area contributed by atoms with E-state index in [9.17, 15) is 9.59 Å². The molecule has 0 aliphatic heterocycles. The summed E-state index contributed by atoms with van der Waals surface area (Å²) in [4.78, 5) is 24.1. The third kappa shape index (κ3) is 3.97. The lowest BCUT2D eigenvalue weighted by molar-refractivity contribution is 0.0526. The Morgan fingerprint density at radius 2 is 1.57 bits per heavy atom. The molecule has 0 aliphatic rings. The maximum Gasteiger partial charge on any atom is 0.338 e. The number of benzene rings is 2. The first-order valence-corrected chi connectivity index (χ1v) is 7.58. The van der Waals surface area contributed by atoms with E-state index in [1.165, 1.54) is 0 Å². The number of hydrogen-bond donors (Lipinski definition) is 1. The van der Waals surface area contributed by atoms with Crippen LogP contribution in [0, 0.1) is 20.8 Å².